The molecule has 4 heteroatoms. The zero-order valence-corrected chi connectivity index (χ0v) is 11.6. The van der Waals surface area contributed by atoms with Gasteiger partial charge in [-0.05, 0) is 32.4 Å². The van der Waals surface area contributed by atoms with Crippen LogP contribution in [0.15, 0.2) is 24.3 Å². The van der Waals surface area contributed by atoms with Gasteiger partial charge in [0.05, 0.1) is 17.1 Å². The first-order chi connectivity index (χ1) is 9.25. The van der Waals surface area contributed by atoms with Crippen molar-refractivity contribution in [2.45, 2.75) is 39.0 Å². The Morgan fingerprint density at radius 2 is 2.26 bits per heavy atom. The van der Waals surface area contributed by atoms with Crippen molar-refractivity contribution >= 4 is 11.0 Å². The van der Waals surface area contributed by atoms with E-state index in [-0.39, 0.29) is 0 Å². The number of hydrogen-bond acceptors (Lipinski definition) is 3. The van der Waals surface area contributed by atoms with E-state index in [0.29, 0.717) is 12.1 Å². The molecular formula is C15H21N3O. The lowest BCUT2D eigenvalue weighted by Crippen LogP contribution is -2.36. The number of nitrogens with one attached hydrogen (secondary N) is 1. The Morgan fingerprint density at radius 1 is 1.42 bits per heavy atom. The summed E-state index contributed by atoms with van der Waals surface area (Å²) >= 11 is 0. The molecule has 2 aromatic rings. The van der Waals surface area contributed by atoms with Crippen LogP contribution in [0.25, 0.3) is 11.0 Å². The fourth-order valence-electron chi connectivity index (χ4n) is 2.84. The van der Waals surface area contributed by atoms with Crippen molar-refractivity contribution in [3.8, 4) is 0 Å². The van der Waals surface area contributed by atoms with Crippen molar-refractivity contribution < 1.29 is 4.74 Å². The maximum absolute atomic E-state index is 5.57. The maximum Gasteiger partial charge on any atom is 0.106 e. The zero-order chi connectivity index (χ0) is 13.2. The second-order valence-corrected chi connectivity index (χ2v) is 5.22. The van der Waals surface area contributed by atoms with Crippen molar-refractivity contribution in [1.82, 2.24) is 14.9 Å². The van der Waals surface area contributed by atoms with Crippen molar-refractivity contribution in [1.29, 1.82) is 0 Å². The van der Waals surface area contributed by atoms with Gasteiger partial charge in [-0.1, -0.05) is 12.1 Å². The molecule has 1 aliphatic rings. The lowest BCUT2D eigenvalue weighted by Gasteiger charge is -2.16. The van der Waals surface area contributed by atoms with Crippen LogP contribution in [0.1, 0.15) is 19.2 Å². The summed E-state index contributed by atoms with van der Waals surface area (Å²) in [5.74, 6) is 1.08. The average molecular weight is 259 g/mol. The molecule has 19 heavy (non-hydrogen) atoms. The van der Waals surface area contributed by atoms with E-state index in [1.54, 1.807) is 0 Å². The summed E-state index contributed by atoms with van der Waals surface area (Å²) in [4.78, 5) is 4.59. The van der Waals surface area contributed by atoms with Crippen molar-refractivity contribution in [2.75, 3.05) is 13.2 Å². The molecule has 2 unspecified atom stereocenters. The minimum Gasteiger partial charge on any atom is -0.377 e. The molecule has 0 spiro atoms. The molecule has 1 fully saturated rings. The van der Waals surface area contributed by atoms with Gasteiger partial charge in [0, 0.05) is 25.7 Å². The number of rotatable bonds is 4. The Labute approximate surface area is 113 Å². The van der Waals surface area contributed by atoms with Gasteiger partial charge < -0.3 is 14.6 Å². The highest BCUT2D eigenvalue weighted by molar-refractivity contribution is 5.75. The summed E-state index contributed by atoms with van der Waals surface area (Å²) in [7, 11) is 0. The molecule has 0 saturated carbocycles. The minimum atomic E-state index is 0.334. The molecule has 0 bridgehead atoms. The second-order valence-electron chi connectivity index (χ2n) is 5.22. The van der Waals surface area contributed by atoms with E-state index in [9.17, 15) is 0 Å². The third-order valence-corrected chi connectivity index (χ3v) is 3.96. The standard InChI is InChI=1S/C15H21N3O/c1-11-13(7-10-19-11)16-8-9-18-12(2)17-14-5-3-4-6-15(14)18/h3-6,11,13,16H,7-10H2,1-2H3. The van der Waals surface area contributed by atoms with E-state index in [1.165, 1.54) is 5.52 Å². The summed E-state index contributed by atoms with van der Waals surface area (Å²) in [5.41, 5.74) is 2.30. The fourth-order valence-corrected chi connectivity index (χ4v) is 2.84. The summed E-state index contributed by atoms with van der Waals surface area (Å²) in [6.07, 6.45) is 1.45. The summed E-state index contributed by atoms with van der Waals surface area (Å²) in [6.45, 7) is 7.00. The first-order valence-electron chi connectivity index (χ1n) is 7.02. The van der Waals surface area contributed by atoms with E-state index in [1.807, 2.05) is 6.07 Å². The molecule has 0 aliphatic carbocycles. The highest BCUT2D eigenvalue weighted by Crippen LogP contribution is 2.15. The summed E-state index contributed by atoms with van der Waals surface area (Å²) < 4.78 is 7.85. The van der Waals surface area contributed by atoms with Crippen LogP contribution in [0.4, 0.5) is 0 Å². The minimum absolute atomic E-state index is 0.334. The third-order valence-electron chi connectivity index (χ3n) is 3.96. The summed E-state index contributed by atoms with van der Waals surface area (Å²) in [5, 5.41) is 3.59. The van der Waals surface area contributed by atoms with Crippen LogP contribution in [-0.2, 0) is 11.3 Å². The van der Waals surface area contributed by atoms with Crippen molar-refractivity contribution in [2.24, 2.45) is 0 Å². The maximum atomic E-state index is 5.57. The number of aryl methyl sites for hydroxylation is 1. The average Bonchev–Trinajstić information content (AvgIpc) is 2.94. The Kier molecular flexibility index (Phi) is 3.53. The molecule has 102 valence electrons. The molecule has 1 aromatic heterocycles. The number of benzene rings is 1. The Balaban J connectivity index is 1.66. The van der Waals surface area contributed by atoms with E-state index in [4.69, 9.17) is 4.74 Å². The molecule has 0 radical (unpaired) electrons. The van der Waals surface area contributed by atoms with Gasteiger partial charge in [-0.25, -0.2) is 4.98 Å². The molecule has 1 N–H and O–H groups in total. The Hall–Kier alpha value is -1.39. The monoisotopic (exact) mass is 259 g/mol. The van der Waals surface area contributed by atoms with Gasteiger partial charge in [0.15, 0.2) is 0 Å². The lowest BCUT2D eigenvalue weighted by atomic mass is 10.1. The number of imidazole rings is 1. The van der Waals surface area contributed by atoms with Crippen LogP contribution in [0.3, 0.4) is 0 Å². The van der Waals surface area contributed by atoms with E-state index < -0.39 is 0 Å². The predicted octanol–water partition coefficient (Wildman–Crippen LogP) is 2.11. The quantitative estimate of drug-likeness (QED) is 0.914. The van der Waals surface area contributed by atoms with E-state index in [0.717, 1.165) is 37.5 Å². The second kappa shape index (κ2) is 5.31. The third kappa shape index (κ3) is 2.51. The smallest absolute Gasteiger partial charge is 0.106 e. The molecule has 4 nitrogen and oxygen atoms in total. The summed E-state index contributed by atoms with van der Waals surface area (Å²) in [6, 6.07) is 8.81. The van der Waals surface area contributed by atoms with Gasteiger partial charge in [-0.15, -0.1) is 0 Å². The van der Waals surface area contributed by atoms with E-state index >= 15 is 0 Å². The van der Waals surface area contributed by atoms with Crippen LogP contribution in [0.2, 0.25) is 0 Å². The fraction of sp³-hybridized carbons (Fsp3) is 0.533. The molecule has 1 aromatic carbocycles. The molecule has 2 heterocycles. The molecule has 1 aliphatic heterocycles. The number of para-hydroxylation sites is 2. The van der Waals surface area contributed by atoms with Crippen molar-refractivity contribution in [3.05, 3.63) is 30.1 Å². The first-order valence-corrected chi connectivity index (χ1v) is 7.02. The highest BCUT2D eigenvalue weighted by atomic mass is 16.5. The largest absolute Gasteiger partial charge is 0.377 e. The molecule has 2 atom stereocenters. The van der Waals surface area contributed by atoms with Crippen LogP contribution < -0.4 is 5.32 Å². The molecule has 1 saturated heterocycles. The van der Waals surface area contributed by atoms with Crippen LogP contribution in [0.5, 0.6) is 0 Å². The topological polar surface area (TPSA) is 39.1 Å². The first kappa shape index (κ1) is 12.6. The Bertz CT molecular complexity index is 564. The molecule has 0 amide bonds. The Morgan fingerprint density at radius 3 is 3.05 bits per heavy atom. The zero-order valence-electron chi connectivity index (χ0n) is 11.6. The van der Waals surface area contributed by atoms with Crippen LogP contribution in [-0.4, -0.2) is 34.8 Å². The van der Waals surface area contributed by atoms with Gasteiger partial charge in [0.25, 0.3) is 0 Å². The van der Waals surface area contributed by atoms with Gasteiger partial charge >= 0.3 is 0 Å². The van der Waals surface area contributed by atoms with Gasteiger partial charge in [0.2, 0.25) is 0 Å². The normalized spacial score (nSPS) is 23.3. The number of hydrogen-bond donors (Lipinski definition) is 1. The van der Waals surface area contributed by atoms with Crippen LogP contribution >= 0.6 is 0 Å². The number of nitrogens with zero attached hydrogens (tertiary/aromatic N) is 2. The molecular weight excluding hydrogens is 238 g/mol. The molecule has 3 rings (SSSR count). The number of fused-ring (bicyclic) bond motifs is 1. The van der Waals surface area contributed by atoms with Gasteiger partial charge in [-0.2, -0.15) is 0 Å². The highest BCUT2D eigenvalue weighted by Gasteiger charge is 2.23. The van der Waals surface area contributed by atoms with Crippen molar-refractivity contribution in [3.63, 3.8) is 0 Å². The van der Waals surface area contributed by atoms with E-state index in [2.05, 4.69) is 46.9 Å². The number of ether oxygens (including phenoxy) is 1. The SMILES string of the molecule is Cc1nc2ccccc2n1CCNC1CCOC1C. The lowest BCUT2D eigenvalue weighted by molar-refractivity contribution is 0.113. The van der Waals surface area contributed by atoms with Crippen LogP contribution in [0, 0.1) is 6.92 Å². The van der Waals surface area contributed by atoms with Gasteiger partial charge in [-0.3, -0.25) is 0 Å². The van der Waals surface area contributed by atoms with Gasteiger partial charge in [0.1, 0.15) is 5.82 Å². The number of aromatic nitrogens is 2. The predicted molar refractivity (Wildman–Crippen MR) is 76.3 cm³/mol.